The average Bonchev–Trinajstić information content (AvgIpc) is 2.54. The zero-order valence-corrected chi connectivity index (χ0v) is 15.7. The Morgan fingerprint density at radius 3 is 2.12 bits per heavy atom. The molecule has 0 unspecified atom stereocenters. The summed E-state index contributed by atoms with van der Waals surface area (Å²) in [6.45, 7) is 3.77. The first-order chi connectivity index (χ1) is 11.4. The van der Waals surface area contributed by atoms with Crippen molar-refractivity contribution in [2.45, 2.75) is 19.9 Å². The van der Waals surface area contributed by atoms with Crippen LogP contribution >= 0.6 is 27.5 Å². The molecule has 0 aliphatic carbocycles. The number of carbonyl (C=O) groups is 2. The van der Waals surface area contributed by atoms with E-state index in [1.807, 2.05) is 13.8 Å². The van der Waals surface area contributed by atoms with E-state index in [0.717, 1.165) is 4.47 Å². The molecule has 0 aromatic heterocycles. The second kappa shape index (κ2) is 8.31. The summed E-state index contributed by atoms with van der Waals surface area (Å²) in [5.74, 6) is -0.609. The molecule has 6 heteroatoms. The standard InChI is InChI=1S/C18H18BrClN2O2/c1-11(2)16(18(24)21-15-9-7-14(20)8-10-15)22-17(23)12-3-5-13(19)6-4-12/h3-11,16H,1-2H3,(H,21,24)(H,22,23)/t16-/m0/s1. The highest BCUT2D eigenvalue weighted by atomic mass is 79.9. The molecule has 0 fully saturated rings. The van der Waals surface area contributed by atoms with E-state index in [1.54, 1.807) is 48.5 Å². The average molecular weight is 410 g/mol. The van der Waals surface area contributed by atoms with Crippen molar-refractivity contribution < 1.29 is 9.59 Å². The van der Waals surface area contributed by atoms with Gasteiger partial charge in [0.15, 0.2) is 0 Å². The molecule has 1 atom stereocenters. The molecule has 0 spiro atoms. The fourth-order valence-electron chi connectivity index (χ4n) is 2.11. The minimum absolute atomic E-state index is 0.0586. The molecule has 2 N–H and O–H groups in total. The molecule has 2 rings (SSSR count). The van der Waals surface area contributed by atoms with Gasteiger partial charge < -0.3 is 10.6 Å². The highest BCUT2D eigenvalue weighted by Crippen LogP contribution is 2.15. The van der Waals surface area contributed by atoms with Crippen LogP contribution in [0.4, 0.5) is 5.69 Å². The molecule has 0 aliphatic heterocycles. The van der Waals surface area contributed by atoms with Crippen molar-refractivity contribution in [1.82, 2.24) is 5.32 Å². The van der Waals surface area contributed by atoms with Crippen LogP contribution in [0.2, 0.25) is 5.02 Å². The summed E-state index contributed by atoms with van der Waals surface area (Å²) < 4.78 is 0.889. The van der Waals surface area contributed by atoms with Gasteiger partial charge in [-0.2, -0.15) is 0 Å². The van der Waals surface area contributed by atoms with Crippen molar-refractivity contribution in [3.63, 3.8) is 0 Å². The van der Waals surface area contributed by atoms with E-state index >= 15 is 0 Å². The van der Waals surface area contributed by atoms with Gasteiger partial charge in [0.2, 0.25) is 5.91 Å². The van der Waals surface area contributed by atoms with Crippen LogP contribution in [0, 0.1) is 5.92 Å². The SMILES string of the molecule is CC(C)[C@H](NC(=O)c1ccc(Br)cc1)C(=O)Nc1ccc(Cl)cc1. The maximum absolute atomic E-state index is 12.5. The lowest BCUT2D eigenvalue weighted by molar-refractivity contribution is -0.118. The summed E-state index contributed by atoms with van der Waals surface area (Å²) in [5.41, 5.74) is 1.14. The molecule has 4 nitrogen and oxygen atoms in total. The number of benzene rings is 2. The van der Waals surface area contributed by atoms with Crippen LogP contribution in [-0.4, -0.2) is 17.9 Å². The zero-order chi connectivity index (χ0) is 17.7. The third-order valence-electron chi connectivity index (χ3n) is 3.45. The van der Waals surface area contributed by atoms with Gasteiger partial charge in [0.1, 0.15) is 6.04 Å². The summed E-state index contributed by atoms with van der Waals surface area (Å²) in [6, 6.07) is 13.2. The van der Waals surface area contributed by atoms with Gasteiger partial charge in [0.25, 0.3) is 5.91 Å². The van der Waals surface area contributed by atoms with Gasteiger partial charge in [-0.05, 0) is 54.4 Å². The van der Waals surface area contributed by atoms with Gasteiger partial charge in [-0.25, -0.2) is 0 Å². The van der Waals surface area contributed by atoms with Crippen LogP contribution in [0.3, 0.4) is 0 Å². The van der Waals surface area contributed by atoms with Crippen molar-refractivity contribution in [2.24, 2.45) is 5.92 Å². The van der Waals surface area contributed by atoms with E-state index in [4.69, 9.17) is 11.6 Å². The van der Waals surface area contributed by atoms with Gasteiger partial charge in [-0.3, -0.25) is 9.59 Å². The second-order valence-electron chi connectivity index (χ2n) is 5.70. The first-order valence-electron chi connectivity index (χ1n) is 7.49. The quantitative estimate of drug-likeness (QED) is 0.764. The summed E-state index contributed by atoms with van der Waals surface area (Å²) in [6.07, 6.45) is 0. The molecule has 2 amide bonds. The molecule has 24 heavy (non-hydrogen) atoms. The van der Waals surface area contributed by atoms with E-state index < -0.39 is 6.04 Å². The monoisotopic (exact) mass is 408 g/mol. The number of nitrogens with one attached hydrogen (secondary N) is 2. The highest BCUT2D eigenvalue weighted by molar-refractivity contribution is 9.10. The Hall–Kier alpha value is -1.85. The molecule has 0 aliphatic rings. The Morgan fingerprint density at radius 2 is 1.58 bits per heavy atom. The fourth-order valence-corrected chi connectivity index (χ4v) is 2.50. The number of halogens is 2. The molecular formula is C18H18BrClN2O2. The largest absolute Gasteiger partial charge is 0.340 e. The predicted molar refractivity (Wildman–Crippen MR) is 100 cm³/mol. The van der Waals surface area contributed by atoms with Crippen LogP contribution in [0.25, 0.3) is 0 Å². The van der Waals surface area contributed by atoms with Gasteiger partial charge in [0.05, 0.1) is 0 Å². The number of anilines is 1. The Kier molecular flexibility index (Phi) is 6.40. The van der Waals surface area contributed by atoms with E-state index in [-0.39, 0.29) is 17.7 Å². The lowest BCUT2D eigenvalue weighted by Crippen LogP contribution is -2.47. The molecule has 126 valence electrons. The normalized spacial score (nSPS) is 11.9. The van der Waals surface area contributed by atoms with E-state index in [0.29, 0.717) is 16.3 Å². The third kappa shape index (κ3) is 5.08. The Balaban J connectivity index is 2.07. The topological polar surface area (TPSA) is 58.2 Å². The predicted octanol–water partition coefficient (Wildman–Crippen LogP) is 4.50. The van der Waals surface area contributed by atoms with E-state index in [1.165, 1.54) is 0 Å². The van der Waals surface area contributed by atoms with Crippen molar-refractivity contribution in [3.05, 3.63) is 63.6 Å². The van der Waals surface area contributed by atoms with Crippen LogP contribution in [0.1, 0.15) is 24.2 Å². The first-order valence-corrected chi connectivity index (χ1v) is 8.67. The molecule has 0 heterocycles. The number of carbonyl (C=O) groups excluding carboxylic acids is 2. The van der Waals surface area contributed by atoms with Gasteiger partial charge >= 0.3 is 0 Å². The van der Waals surface area contributed by atoms with Gasteiger partial charge in [-0.1, -0.05) is 41.4 Å². The number of rotatable bonds is 5. The van der Waals surface area contributed by atoms with Gasteiger partial charge in [0, 0.05) is 20.7 Å². The minimum atomic E-state index is -0.642. The van der Waals surface area contributed by atoms with Crippen LogP contribution < -0.4 is 10.6 Å². The second-order valence-corrected chi connectivity index (χ2v) is 7.05. The van der Waals surface area contributed by atoms with Crippen molar-refractivity contribution in [1.29, 1.82) is 0 Å². The Labute approximate surface area is 154 Å². The summed E-state index contributed by atoms with van der Waals surface area (Å²) in [5, 5.41) is 6.18. The number of hydrogen-bond acceptors (Lipinski definition) is 2. The molecule has 0 saturated heterocycles. The van der Waals surface area contributed by atoms with Crippen molar-refractivity contribution in [3.8, 4) is 0 Å². The summed E-state index contributed by atoms with van der Waals surface area (Å²) in [4.78, 5) is 24.8. The Morgan fingerprint density at radius 1 is 1.00 bits per heavy atom. The molecule has 0 saturated carbocycles. The Bertz CT molecular complexity index is 715. The van der Waals surface area contributed by atoms with Crippen LogP contribution in [-0.2, 0) is 4.79 Å². The highest BCUT2D eigenvalue weighted by Gasteiger charge is 2.24. The van der Waals surface area contributed by atoms with Crippen LogP contribution in [0.5, 0.6) is 0 Å². The van der Waals surface area contributed by atoms with E-state index in [2.05, 4.69) is 26.6 Å². The van der Waals surface area contributed by atoms with Gasteiger partial charge in [-0.15, -0.1) is 0 Å². The molecule has 2 aromatic carbocycles. The molecule has 0 bridgehead atoms. The van der Waals surface area contributed by atoms with E-state index in [9.17, 15) is 9.59 Å². The number of hydrogen-bond donors (Lipinski definition) is 2. The van der Waals surface area contributed by atoms with Crippen LogP contribution in [0.15, 0.2) is 53.0 Å². The maximum Gasteiger partial charge on any atom is 0.251 e. The zero-order valence-electron chi connectivity index (χ0n) is 13.3. The third-order valence-corrected chi connectivity index (χ3v) is 4.23. The minimum Gasteiger partial charge on any atom is -0.340 e. The summed E-state index contributed by atoms with van der Waals surface area (Å²) >= 11 is 9.16. The first kappa shape index (κ1) is 18.5. The number of amides is 2. The smallest absolute Gasteiger partial charge is 0.251 e. The lowest BCUT2D eigenvalue weighted by Gasteiger charge is -2.22. The van der Waals surface area contributed by atoms with Crippen molar-refractivity contribution >= 4 is 45.0 Å². The summed E-state index contributed by atoms with van der Waals surface area (Å²) in [7, 11) is 0. The molecular weight excluding hydrogens is 392 g/mol. The molecule has 2 aromatic rings. The van der Waals surface area contributed by atoms with Crippen molar-refractivity contribution in [2.75, 3.05) is 5.32 Å². The fraction of sp³-hybridized carbons (Fsp3) is 0.222. The maximum atomic E-state index is 12.5. The lowest BCUT2D eigenvalue weighted by atomic mass is 10.0. The molecule has 0 radical (unpaired) electrons.